The Balaban J connectivity index is 2.02. The van der Waals surface area contributed by atoms with E-state index in [0.29, 0.717) is 24.0 Å². The van der Waals surface area contributed by atoms with Gasteiger partial charge in [0, 0.05) is 16.9 Å². The van der Waals surface area contributed by atoms with Crippen LogP contribution < -0.4 is 0 Å². The SMILES string of the molecule is COC1=C(C)C2=CC(=O)O[C@@H]3C[C@H]4[C@H](C)C[C@H](O)C(=O)[C@]4(C)[C@@H](C1=O)[C@]23C. The Morgan fingerprint density at radius 3 is 2.48 bits per heavy atom. The molecule has 27 heavy (non-hydrogen) atoms. The molecular formula is C21H26O6. The largest absolute Gasteiger partial charge is 0.493 e. The van der Waals surface area contributed by atoms with Gasteiger partial charge in [-0.05, 0) is 42.7 Å². The molecule has 7 atom stereocenters. The Labute approximate surface area is 158 Å². The number of ketones is 2. The standard InChI is InChI=1S/C21H26O6/c1-9-6-13(22)19(25)21(4)11(9)7-14-20(3)12(8-15(23)27-14)10(2)17(26-5)16(24)18(20)21/h8-9,11,13-14,18,22H,6-7H2,1-5H3/t9-,11+,13+,14-,18+,20-,21+/m1/s1. The van der Waals surface area contributed by atoms with Gasteiger partial charge in [-0.2, -0.15) is 0 Å². The quantitative estimate of drug-likeness (QED) is 0.706. The van der Waals surface area contributed by atoms with E-state index < -0.39 is 34.9 Å². The third-order valence-corrected chi connectivity index (χ3v) is 7.76. The molecule has 6 nitrogen and oxygen atoms in total. The smallest absolute Gasteiger partial charge is 0.331 e. The highest BCUT2D eigenvalue weighted by atomic mass is 16.5. The van der Waals surface area contributed by atoms with Crippen molar-refractivity contribution < 1.29 is 29.0 Å². The lowest BCUT2D eigenvalue weighted by Crippen LogP contribution is -2.68. The lowest BCUT2D eigenvalue weighted by atomic mass is 9.40. The minimum atomic E-state index is -1.08. The zero-order chi connectivity index (χ0) is 19.9. The van der Waals surface area contributed by atoms with Crippen molar-refractivity contribution in [3.05, 3.63) is 23.0 Å². The number of allylic oxidation sites excluding steroid dienone is 2. The molecule has 0 unspecified atom stereocenters. The highest BCUT2D eigenvalue weighted by Crippen LogP contribution is 2.66. The number of hydrogen-bond acceptors (Lipinski definition) is 6. The van der Waals surface area contributed by atoms with Crippen LogP contribution in [0.25, 0.3) is 0 Å². The van der Waals surface area contributed by atoms with Crippen LogP contribution in [-0.4, -0.2) is 42.0 Å². The van der Waals surface area contributed by atoms with Crippen LogP contribution in [0.2, 0.25) is 0 Å². The zero-order valence-corrected chi connectivity index (χ0v) is 16.4. The molecule has 3 aliphatic carbocycles. The number of aliphatic hydroxyl groups is 1. The summed E-state index contributed by atoms with van der Waals surface area (Å²) in [6.45, 7) is 7.49. The predicted molar refractivity (Wildman–Crippen MR) is 95.3 cm³/mol. The van der Waals surface area contributed by atoms with Gasteiger partial charge in [-0.3, -0.25) is 9.59 Å². The van der Waals surface area contributed by atoms with Crippen LogP contribution in [0.1, 0.15) is 40.5 Å². The van der Waals surface area contributed by atoms with E-state index in [1.807, 2.05) is 20.8 Å². The number of methoxy groups -OCH3 is 1. The molecule has 0 amide bonds. The summed E-state index contributed by atoms with van der Waals surface area (Å²) in [4.78, 5) is 39.1. The molecule has 0 spiro atoms. The van der Waals surface area contributed by atoms with Crippen LogP contribution in [0.4, 0.5) is 0 Å². The van der Waals surface area contributed by atoms with E-state index in [1.165, 1.54) is 13.2 Å². The summed E-state index contributed by atoms with van der Waals surface area (Å²) in [6.07, 6.45) is 0.754. The predicted octanol–water partition coefficient (Wildman–Crippen LogP) is 1.96. The summed E-state index contributed by atoms with van der Waals surface area (Å²) >= 11 is 0. The van der Waals surface area contributed by atoms with Gasteiger partial charge in [-0.25, -0.2) is 4.79 Å². The Bertz CT molecular complexity index is 823. The second kappa shape index (κ2) is 5.53. The summed E-state index contributed by atoms with van der Waals surface area (Å²) in [7, 11) is 1.43. The molecule has 1 aliphatic heterocycles. The Morgan fingerprint density at radius 1 is 1.19 bits per heavy atom. The summed E-state index contributed by atoms with van der Waals surface area (Å²) < 4.78 is 11.1. The number of aliphatic hydroxyl groups excluding tert-OH is 1. The topological polar surface area (TPSA) is 89.9 Å². The van der Waals surface area contributed by atoms with Gasteiger partial charge >= 0.3 is 5.97 Å². The highest BCUT2D eigenvalue weighted by Gasteiger charge is 2.71. The molecule has 4 rings (SSSR count). The van der Waals surface area contributed by atoms with Crippen molar-refractivity contribution in [2.45, 2.75) is 52.7 Å². The number of hydrogen-bond donors (Lipinski definition) is 1. The Hall–Kier alpha value is -1.95. The van der Waals surface area contributed by atoms with Gasteiger partial charge in [0.05, 0.1) is 13.0 Å². The number of ether oxygens (including phenoxy) is 2. The van der Waals surface area contributed by atoms with Gasteiger partial charge in [0.2, 0.25) is 5.78 Å². The first kappa shape index (κ1) is 18.4. The monoisotopic (exact) mass is 374 g/mol. The molecule has 1 N–H and O–H groups in total. The van der Waals surface area contributed by atoms with E-state index in [9.17, 15) is 19.5 Å². The van der Waals surface area contributed by atoms with E-state index in [4.69, 9.17) is 9.47 Å². The summed E-state index contributed by atoms with van der Waals surface area (Å²) in [5.74, 6) is -1.60. The maximum atomic E-state index is 13.6. The van der Waals surface area contributed by atoms with E-state index in [1.54, 1.807) is 6.92 Å². The molecule has 0 aromatic carbocycles. The number of fused-ring (bicyclic) bond motifs is 2. The number of esters is 1. The maximum absolute atomic E-state index is 13.6. The summed E-state index contributed by atoms with van der Waals surface area (Å²) in [5, 5.41) is 10.4. The van der Waals surface area contributed by atoms with Crippen LogP contribution in [0, 0.1) is 28.6 Å². The van der Waals surface area contributed by atoms with E-state index in [0.717, 1.165) is 0 Å². The number of rotatable bonds is 1. The van der Waals surface area contributed by atoms with E-state index in [2.05, 4.69) is 0 Å². The Morgan fingerprint density at radius 2 is 1.85 bits per heavy atom. The van der Waals surface area contributed by atoms with Crippen molar-refractivity contribution in [1.29, 1.82) is 0 Å². The maximum Gasteiger partial charge on any atom is 0.331 e. The van der Waals surface area contributed by atoms with Crippen LogP contribution in [0.3, 0.4) is 0 Å². The zero-order valence-electron chi connectivity index (χ0n) is 16.4. The van der Waals surface area contributed by atoms with Crippen molar-refractivity contribution in [1.82, 2.24) is 0 Å². The number of Topliss-reactive ketones (excluding diaryl/α,β-unsaturated/α-hetero) is 2. The van der Waals surface area contributed by atoms with Gasteiger partial charge in [-0.1, -0.05) is 20.8 Å². The van der Waals surface area contributed by atoms with Crippen molar-refractivity contribution in [3.8, 4) is 0 Å². The lowest BCUT2D eigenvalue weighted by molar-refractivity contribution is -0.197. The van der Waals surface area contributed by atoms with Crippen LogP contribution in [0.5, 0.6) is 0 Å². The number of carbonyl (C=O) groups excluding carboxylic acids is 3. The van der Waals surface area contributed by atoms with Crippen molar-refractivity contribution in [2.75, 3.05) is 7.11 Å². The fourth-order valence-electron chi connectivity index (χ4n) is 6.57. The molecule has 1 heterocycles. The first-order chi connectivity index (χ1) is 12.6. The second-order valence-electron chi connectivity index (χ2n) is 8.94. The average molecular weight is 374 g/mol. The van der Waals surface area contributed by atoms with Gasteiger partial charge in [0.15, 0.2) is 11.5 Å². The molecule has 0 saturated heterocycles. The molecule has 0 aromatic heterocycles. The van der Waals surface area contributed by atoms with Gasteiger partial charge in [-0.15, -0.1) is 0 Å². The molecule has 146 valence electrons. The normalized spacial score (nSPS) is 46.4. The lowest BCUT2D eigenvalue weighted by Gasteiger charge is -2.63. The molecule has 2 saturated carbocycles. The number of carbonyl (C=O) groups is 3. The minimum absolute atomic E-state index is 0.0334. The van der Waals surface area contributed by atoms with Crippen molar-refractivity contribution in [3.63, 3.8) is 0 Å². The van der Waals surface area contributed by atoms with Gasteiger partial charge in [0.1, 0.15) is 12.2 Å². The molecule has 2 fully saturated rings. The third-order valence-electron chi connectivity index (χ3n) is 7.76. The van der Waals surface area contributed by atoms with Gasteiger partial charge < -0.3 is 14.6 Å². The average Bonchev–Trinajstić information content (AvgIpc) is 2.58. The molecule has 0 radical (unpaired) electrons. The van der Waals surface area contributed by atoms with Crippen LogP contribution in [-0.2, 0) is 23.9 Å². The first-order valence-electron chi connectivity index (χ1n) is 9.53. The van der Waals surface area contributed by atoms with E-state index in [-0.39, 0.29) is 29.2 Å². The van der Waals surface area contributed by atoms with Crippen LogP contribution in [0.15, 0.2) is 23.0 Å². The fourth-order valence-corrected chi connectivity index (χ4v) is 6.57. The third kappa shape index (κ3) is 2.02. The molecule has 6 heteroatoms. The highest BCUT2D eigenvalue weighted by molar-refractivity contribution is 6.06. The summed E-state index contributed by atoms with van der Waals surface area (Å²) in [6, 6.07) is 0. The molecule has 0 bridgehead atoms. The van der Waals surface area contributed by atoms with Crippen molar-refractivity contribution in [2.24, 2.45) is 28.6 Å². The molecule has 0 aromatic rings. The fraction of sp³-hybridized carbons (Fsp3) is 0.667. The minimum Gasteiger partial charge on any atom is -0.493 e. The second-order valence-corrected chi connectivity index (χ2v) is 8.94. The molecule has 4 aliphatic rings. The first-order valence-corrected chi connectivity index (χ1v) is 9.53. The van der Waals surface area contributed by atoms with Gasteiger partial charge in [0.25, 0.3) is 0 Å². The van der Waals surface area contributed by atoms with Crippen LogP contribution >= 0.6 is 0 Å². The van der Waals surface area contributed by atoms with Crippen molar-refractivity contribution >= 4 is 17.5 Å². The Kier molecular flexibility index (Phi) is 3.77. The van der Waals surface area contributed by atoms with E-state index >= 15 is 0 Å². The summed E-state index contributed by atoms with van der Waals surface area (Å²) in [5.41, 5.74) is -0.506. The molecular weight excluding hydrogens is 348 g/mol.